The molecule has 2 aromatic heterocycles. The van der Waals surface area contributed by atoms with Crippen molar-refractivity contribution in [3.63, 3.8) is 0 Å². The van der Waals surface area contributed by atoms with Crippen LogP contribution in [0.2, 0.25) is 0 Å². The minimum Gasteiger partial charge on any atom is -0.376 e. The van der Waals surface area contributed by atoms with Gasteiger partial charge in [0.25, 0.3) is 0 Å². The molecule has 6 nitrogen and oxygen atoms in total. The average molecular weight is 368 g/mol. The highest BCUT2D eigenvalue weighted by Gasteiger charge is 2.14. The van der Waals surface area contributed by atoms with Gasteiger partial charge in [-0.3, -0.25) is 0 Å². The van der Waals surface area contributed by atoms with Crippen molar-refractivity contribution < 1.29 is 4.74 Å². The predicted octanol–water partition coefficient (Wildman–Crippen LogP) is 3.28. The average Bonchev–Trinajstić information content (AvgIpc) is 2.71. The number of hydrogen-bond donors (Lipinski definition) is 1. The third kappa shape index (κ3) is 3.57. The number of aromatic nitrogens is 4. The Morgan fingerprint density at radius 2 is 2.05 bits per heavy atom. The van der Waals surface area contributed by atoms with Crippen molar-refractivity contribution in [3.8, 4) is 0 Å². The predicted molar refractivity (Wildman–Crippen MR) is 89.9 cm³/mol. The standard InChI is InChI=1S/C15H22BrN5O/c1-21-15-12(13(16)20-21)14(18-10-19-15)17-8-9-22-11-6-4-2-3-5-7-11/h10-11H,2-9H2,1H3,(H,17,18,19). The Labute approximate surface area is 138 Å². The van der Waals surface area contributed by atoms with Gasteiger partial charge in [-0.25, -0.2) is 14.6 Å². The molecule has 22 heavy (non-hydrogen) atoms. The molecule has 1 aliphatic carbocycles. The van der Waals surface area contributed by atoms with Crippen molar-refractivity contribution in [2.75, 3.05) is 18.5 Å². The zero-order valence-electron chi connectivity index (χ0n) is 12.9. The van der Waals surface area contributed by atoms with E-state index in [1.54, 1.807) is 11.0 Å². The lowest BCUT2D eigenvalue weighted by molar-refractivity contribution is 0.0501. The topological polar surface area (TPSA) is 64.9 Å². The van der Waals surface area contributed by atoms with E-state index in [0.29, 0.717) is 12.7 Å². The van der Waals surface area contributed by atoms with Crippen LogP contribution in [0, 0.1) is 0 Å². The number of halogens is 1. The Morgan fingerprint density at radius 3 is 2.82 bits per heavy atom. The van der Waals surface area contributed by atoms with Crippen molar-refractivity contribution in [3.05, 3.63) is 10.9 Å². The Bertz CT molecular complexity index is 622. The van der Waals surface area contributed by atoms with Crippen LogP contribution < -0.4 is 5.32 Å². The Morgan fingerprint density at radius 1 is 1.27 bits per heavy atom. The van der Waals surface area contributed by atoms with Gasteiger partial charge in [0.05, 0.1) is 18.1 Å². The molecule has 0 amide bonds. The first kappa shape index (κ1) is 15.7. The Kier molecular flexibility index (Phi) is 5.25. The van der Waals surface area contributed by atoms with Gasteiger partial charge in [-0.1, -0.05) is 25.7 Å². The van der Waals surface area contributed by atoms with Crippen molar-refractivity contribution in [1.29, 1.82) is 0 Å². The first-order valence-electron chi connectivity index (χ1n) is 7.94. The van der Waals surface area contributed by atoms with Crippen molar-refractivity contribution in [2.24, 2.45) is 7.05 Å². The summed E-state index contributed by atoms with van der Waals surface area (Å²) in [4.78, 5) is 8.58. The second-order valence-electron chi connectivity index (χ2n) is 5.75. The summed E-state index contributed by atoms with van der Waals surface area (Å²) in [6.45, 7) is 1.44. The fraction of sp³-hybridized carbons (Fsp3) is 0.667. The highest BCUT2D eigenvalue weighted by Crippen LogP contribution is 2.26. The molecule has 0 unspecified atom stereocenters. The van der Waals surface area contributed by atoms with Gasteiger partial charge in [0.1, 0.15) is 16.7 Å². The van der Waals surface area contributed by atoms with E-state index < -0.39 is 0 Å². The smallest absolute Gasteiger partial charge is 0.164 e. The highest BCUT2D eigenvalue weighted by molar-refractivity contribution is 9.10. The quantitative estimate of drug-likeness (QED) is 0.648. The summed E-state index contributed by atoms with van der Waals surface area (Å²) in [5.74, 6) is 0.800. The third-order valence-corrected chi connectivity index (χ3v) is 4.68. The summed E-state index contributed by atoms with van der Waals surface area (Å²) >= 11 is 3.47. The molecular formula is C15H22BrN5O. The fourth-order valence-corrected chi connectivity index (χ4v) is 3.58. The van der Waals surface area contributed by atoms with Crippen LogP contribution in [-0.2, 0) is 11.8 Å². The van der Waals surface area contributed by atoms with Gasteiger partial charge >= 0.3 is 0 Å². The second-order valence-corrected chi connectivity index (χ2v) is 6.50. The van der Waals surface area contributed by atoms with Crippen LogP contribution in [0.15, 0.2) is 10.9 Å². The number of aryl methyl sites for hydroxylation is 1. The molecule has 1 N–H and O–H groups in total. The molecule has 0 spiro atoms. The van der Waals surface area contributed by atoms with Crippen molar-refractivity contribution in [2.45, 2.75) is 44.6 Å². The molecule has 2 heterocycles. The number of fused-ring (bicyclic) bond motifs is 1. The molecule has 0 aliphatic heterocycles. The summed E-state index contributed by atoms with van der Waals surface area (Å²) < 4.78 is 8.50. The van der Waals surface area contributed by atoms with Crippen molar-refractivity contribution in [1.82, 2.24) is 19.7 Å². The van der Waals surface area contributed by atoms with E-state index in [1.165, 1.54) is 38.5 Å². The summed E-state index contributed by atoms with van der Waals surface area (Å²) in [6, 6.07) is 0. The van der Waals surface area contributed by atoms with Crippen molar-refractivity contribution >= 4 is 32.8 Å². The van der Waals surface area contributed by atoms with Crippen LogP contribution in [0.5, 0.6) is 0 Å². The SMILES string of the molecule is Cn1nc(Br)c2c(NCCOC3CCCCCC3)ncnc21. The molecule has 0 saturated heterocycles. The first-order chi connectivity index (χ1) is 10.8. The molecule has 1 aliphatic rings. The van der Waals surface area contributed by atoms with Gasteiger partial charge in [0.15, 0.2) is 5.65 Å². The van der Waals surface area contributed by atoms with Crippen LogP contribution in [0.3, 0.4) is 0 Å². The van der Waals surface area contributed by atoms with Gasteiger partial charge in [-0.05, 0) is 28.8 Å². The molecule has 120 valence electrons. The van der Waals surface area contributed by atoms with E-state index in [0.717, 1.165) is 28.0 Å². The monoisotopic (exact) mass is 367 g/mol. The maximum atomic E-state index is 5.99. The maximum Gasteiger partial charge on any atom is 0.164 e. The minimum atomic E-state index is 0.430. The molecule has 1 fully saturated rings. The number of rotatable bonds is 5. The van der Waals surface area contributed by atoms with Crippen LogP contribution >= 0.6 is 15.9 Å². The van der Waals surface area contributed by atoms with Gasteiger partial charge in [0, 0.05) is 13.6 Å². The molecule has 1 saturated carbocycles. The summed E-state index contributed by atoms with van der Waals surface area (Å²) in [5, 5.41) is 8.58. The van der Waals surface area contributed by atoms with E-state index in [1.807, 2.05) is 7.05 Å². The number of nitrogens with zero attached hydrogens (tertiary/aromatic N) is 4. The molecule has 0 radical (unpaired) electrons. The van der Waals surface area contributed by atoms with E-state index >= 15 is 0 Å². The molecule has 0 atom stereocenters. The van der Waals surface area contributed by atoms with E-state index in [-0.39, 0.29) is 0 Å². The maximum absolute atomic E-state index is 5.99. The van der Waals surface area contributed by atoms with Crippen LogP contribution in [-0.4, -0.2) is 39.0 Å². The van der Waals surface area contributed by atoms with Crippen LogP contribution in [0.4, 0.5) is 5.82 Å². The molecule has 0 bridgehead atoms. The van der Waals surface area contributed by atoms with Crippen LogP contribution in [0.25, 0.3) is 11.0 Å². The number of ether oxygens (including phenoxy) is 1. The van der Waals surface area contributed by atoms with E-state index in [9.17, 15) is 0 Å². The minimum absolute atomic E-state index is 0.430. The molecule has 3 rings (SSSR count). The zero-order chi connectivity index (χ0) is 15.4. The largest absolute Gasteiger partial charge is 0.376 e. The summed E-state index contributed by atoms with van der Waals surface area (Å²) in [6.07, 6.45) is 9.70. The molecular weight excluding hydrogens is 346 g/mol. The zero-order valence-corrected chi connectivity index (χ0v) is 14.5. The van der Waals surface area contributed by atoms with E-state index in [4.69, 9.17) is 4.74 Å². The lowest BCUT2D eigenvalue weighted by atomic mass is 10.1. The lowest BCUT2D eigenvalue weighted by Crippen LogP contribution is -2.18. The Balaban J connectivity index is 1.55. The lowest BCUT2D eigenvalue weighted by Gasteiger charge is -2.15. The van der Waals surface area contributed by atoms with Gasteiger partial charge in [0.2, 0.25) is 0 Å². The third-order valence-electron chi connectivity index (χ3n) is 4.13. The van der Waals surface area contributed by atoms with Gasteiger partial charge < -0.3 is 10.1 Å². The second kappa shape index (κ2) is 7.37. The van der Waals surface area contributed by atoms with Crippen LogP contribution in [0.1, 0.15) is 38.5 Å². The molecule has 0 aromatic carbocycles. The highest BCUT2D eigenvalue weighted by atomic mass is 79.9. The Hall–Kier alpha value is -1.21. The fourth-order valence-electron chi connectivity index (χ4n) is 2.98. The van der Waals surface area contributed by atoms with Gasteiger partial charge in [-0.15, -0.1) is 0 Å². The normalized spacial score (nSPS) is 16.8. The molecule has 2 aromatic rings. The number of hydrogen-bond acceptors (Lipinski definition) is 5. The first-order valence-corrected chi connectivity index (χ1v) is 8.73. The van der Waals surface area contributed by atoms with E-state index in [2.05, 4.69) is 36.3 Å². The van der Waals surface area contributed by atoms with Gasteiger partial charge in [-0.2, -0.15) is 5.10 Å². The molecule has 7 heteroatoms. The summed E-state index contributed by atoms with van der Waals surface area (Å²) in [7, 11) is 1.87. The number of nitrogens with one attached hydrogen (secondary N) is 1. The number of anilines is 1. The summed E-state index contributed by atoms with van der Waals surface area (Å²) in [5.41, 5.74) is 0.814.